The van der Waals surface area contributed by atoms with E-state index in [1.54, 1.807) is 0 Å². The number of aryl methyl sites for hydroxylation is 1. The number of hydrogen-bond acceptors (Lipinski definition) is 1. The van der Waals surface area contributed by atoms with Gasteiger partial charge >= 0.3 is 0 Å². The Morgan fingerprint density at radius 2 is 1.88 bits per heavy atom. The first kappa shape index (κ1) is 11.9. The van der Waals surface area contributed by atoms with Crippen molar-refractivity contribution in [3.05, 3.63) is 34.3 Å². The topological polar surface area (TPSA) is 26.0 Å². The Morgan fingerprint density at radius 3 is 2.50 bits per heavy atom. The van der Waals surface area contributed by atoms with E-state index >= 15 is 0 Å². The maximum atomic E-state index is 6.35. The van der Waals surface area contributed by atoms with Crippen LogP contribution in [0.15, 0.2) is 18.2 Å². The minimum atomic E-state index is 0.165. The quantitative estimate of drug-likeness (QED) is 0.819. The van der Waals surface area contributed by atoms with Gasteiger partial charge in [-0.2, -0.15) is 0 Å². The summed E-state index contributed by atoms with van der Waals surface area (Å²) in [7, 11) is 0. The van der Waals surface area contributed by atoms with Gasteiger partial charge in [-0.3, -0.25) is 0 Å². The Labute approximate surface area is 103 Å². The molecule has 0 aliphatic heterocycles. The van der Waals surface area contributed by atoms with Gasteiger partial charge in [-0.05, 0) is 48.9 Å². The Kier molecular flexibility index (Phi) is 3.88. The molecule has 88 valence electrons. The van der Waals surface area contributed by atoms with Crippen LogP contribution in [0.25, 0.3) is 0 Å². The first-order valence-electron chi connectivity index (χ1n) is 6.19. The van der Waals surface area contributed by atoms with Crippen LogP contribution < -0.4 is 5.73 Å². The third kappa shape index (κ3) is 2.78. The zero-order valence-corrected chi connectivity index (χ0v) is 10.6. The molecule has 16 heavy (non-hydrogen) atoms. The summed E-state index contributed by atoms with van der Waals surface area (Å²) in [6.07, 6.45) is 6.58. The molecule has 0 spiro atoms. The van der Waals surface area contributed by atoms with E-state index in [4.69, 9.17) is 17.3 Å². The van der Waals surface area contributed by atoms with Crippen LogP contribution in [0.5, 0.6) is 0 Å². The first-order chi connectivity index (χ1) is 7.66. The molecular formula is C14H20ClN. The van der Waals surface area contributed by atoms with Gasteiger partial charge in [0.2, 0.25) is 0 Å². The van der Waals surface area contributed by atoms with Crippen LogP contribution in [0.1, 0.15) is 49.3 Å². The lowest BCUT2D eigenvalue weighted by Gasteiger charge is -2.28. The molecule has 1 nitrogen and oxygen atoms in total. The first-order valence-corrected chi connectivity index (χ1v) is 6.57. The average molecular weight is 238 g/mol. The van der Waals surface area contributed by atoms with Crippen molar-refractivity contribution < 1.29 is 0 Å². The molecule has 0 saturated heterocycles. The lowest BCUT2D eigenvalue weighted by Crippen LogP contribution is -2.23. The molecule has 0 amide bonds. The summed E-state index contributed by atoms with van der Waals surface area (Å²) in [4.78, 5) is 0. The highest BCUT2D eigenvalue weighted by Crippen LogP contribution is 2.33. The summed E-state index contributed by atoms with van der Waals surface area (Å²) >= 11 is 6.08. The second-order valence-electron chi connectivity index (χ2n) is 4.99. The molecule has 2 heteroatoms. The van der Waals surface area contributed by atoms with Gasteiger partial charge < -0.3 is 5.73 Å². The number of hydrogen-bond donors (Lipinski definition) is 1. The molecule has 2 rings (SSSR count). The maximum absolute atomic E-state index is 6.35. The van der Waals surface area contributed by atoms with Crippen molar-refractivity contribution in [2.45, 2.75) is 45.1 Å². The van der Waals surface area contributed by atoms with Crippen LogP contribution in [0.2, 0.25) is 5.02 Å². The summed E-state index contributed by atoms with van der Waals surface area (Å²) < 4.78 is 0. The SMILES string of the molecule is Cc1cc(Cl)cc(C(N)C2CCCCC2)c1. The summed E-state index contributed by atoms with van der Waals surface area (Å²) in [5.74, 6) is 0.645. The van der Waals surface area contributed by atoms with Gasteiger partial charge in [0, 0.05) is 11.1 Å². The van der Waals surface area contributed by atoms with Crippen molar-refractivity contribution in [2.75, 3.05) is 0 Å². The molecule has 1 aliphatic carbocycles. The van der Waals surface area contributed by atoms with E-state index in [0.29, 0.717) is 5.92 Å². The lowest BCUT2D eigenvalue weighted by atomic mass is 9.81. The third-order valence-electron chi connectivity index (χ3n) is 3.61. The predicted molar refractivity (Wildman–Crippen MR) is 69.7 cm³/mol. The Hall–Kier alpha value is -0.530. The molecule has 1 atom stereocenters. The lowest BCUT2D eigenvalue weighted by molar-refractivity contribution is 0.308. The van der Waals surface area contributed by atoms with Gasteiger partial charge in [0.1, 0.15) is 0 Å². The van der Waals surface area contributed by atoms with Gasteiger partial charge in [0.15, 0.2) is 0 Å². The number of halogens is 1. The largest absolute Gasteiger partial charge is 0.324 e. The molecule has 0 radical (unpaired) electrons. The monoisotopic (exact) mass is 237 g/mol. The van der Waals surface area contributed by atoms with E-state index in [-0.39, 0.29) is 6.04 Å². The molecule has 0 bridgehead atoms. The summed E-state index contributed by atoms with van der Waals surface area (Å²) in [5.41, 5.74) is 8.76. The van der Waals surface area contributed by atoms with E-state index in [2.05, 4.69) is 13.0 Å². The fourth-order valence-corrected chi connectivity index (χ4v) is 3.02. The van der Waals surface area contributed by atoms with Gasteiger partial charge in [0.25, 0.3) is 0 Å². The van der Waals surface area contributed by atoms with Crippen molar-refractivity contribution in [1.29, 1.82) is 0 Å². The van der Waals surface area contributed by atoms with Crippen LogP contribution in [-0.2, 0) is 0 Å². The Morgan fingerprint density at radius 1 is 1.19 bits per heavy atom. The third-order valence-corrected chi connectivity index (χ3v) is 3.83. The zero-order chi connectivity index (χ0) is 11.5. The Bertz CT molecular complexity index is 336. The van der Waals surface area contributed by atoms with E-state index in [9.17, 15) is 0 Å². The molecule has 1 fully saturated rings. The molecule has 0 heterocycles. The number of rotatable bonds is 2. The Balaban J connectivity index is 2.15. The smallest absolute Gasteiger partial charge is 0.0411 e. The van der Waals surface area contributed by atoms with Crippen molar-refractivity contribution >= 4 is 11.6 Å². The van der Waals surface area contributed by atoms with Gasteiger partial charge in [0.05, 0.1) is 0 Å². The van der Waals surface area contributed by atoms with E-state index in [1.165, 1.54) is 43.2 Å². The molecular weight excluding hydrogens is 218 g/mol. The number of nitrogens with two attached hydrogens (primary N) is 1. The molecule has 1 aromatic rings. The van der Waals surface area contributed by atoms with Crippen LogP contribution >= 0.6 is 11.6 Å². The average Bonchev–Trinajstić information content (AvgIpc) is 2.28. The van der Waals surface area contributed by atoms with Crippen LogP contribution in [-0.4, -0.2) is 0 Å². The summed E-state index contributed by atoms with van der Waals surface area (Å²) in [6.45, 7) is 2.07. The highest BCUT2D eigenvalue weighted by Gasteiger charge is 2.22. The molecule has 1 aliphatic rings. The highest BCUT2D eigenvalue weighted by molar-refractivity contribution is 6.30. The van der Waals surface area contributed by atoms with Gasteiger partial charge in [-0.1, -0.05) is 36.9 Å². The van der Waals surface area contributed by atoms with E-state index in [0.717, 1.165) is 5.02 Å². The molecule has 1 aromatic carbocycles. The van der Waals surface area contributed by atoms with Crippen molar-refractivity contribution in [3.8, 4) is 0 Å². The van der Waals surface area contributed by atoms with Crippen molar-refractivity contribution in [3.63, 3.8) is 0 Å². The van der Waals surface area contributed by atoms with Gasteiger partial charge in [-0.25, -0.2) is 0 Å². The minimum Gasteiger partial charge on any atom is -0.324 e. The fourth-order valence-electron chi connectivity index (χ4n) is 2.72. The van der Waals surface area contributed by atoms with E-state index < -0.39 is 0 Å². The highest BCUT2D eigenvalue weighted by atomic mass is 35.5. The number of benzene rings is 1. The molecule has 2 N–H and O–H groups in total. The van der Waals surface area contributed by atoms with Crippen LogP contribution in [0.4, 0.5) is 0 Å². The van der Waals surface area contributed by atoms with Crippen molar-refractivity contribution in [1.82, 2.24) is 0 Å². The van der Waals surface area contributed by atoms with Crippen LogP contribution in [0, 0.1) is 12.8 Å². The molecule has 0 aromatic heterocycles. The minimum absolute atomic E-state index is 0.165. The maximum Gasteiger partial charge on any atom is 0.0411 e. The standard InChI is InChI=1S/C14H20ClN/c1-10-7-12(9-13(15)8-10)14(16)11-5-3-2-4-6-11/h7-9,11,14H,2-6,16H2,1H3. The van der Waals surface area contributed by atoms with E-state index in [1.807, 2.05) is 12.1 Å². The predicted octanol–water partition coefficient (Wildman–Crippen LogP) is 4.23. The second-order valence-corrected chi connectivity index (χ2v) is 5.42. The van der Waals surface area contributed by atoms with Crippen LogP contribution in [0.3, 0.4) is 0 Å². The normalized spacial score (nSPS) is 19.7. The van der Waals surface area contributed by atoms with Gasteiger partial charge in [-0.15, -0.1) is 0 Å². The molecule has 1 unspecified atom stereocenters. The second kappa shape index (κ2) is 5.20. The zero-order valence-electron chi connectivity index (χ0n) is 9.88. The summed E-state index contributed by atoms with van der Waals surface area (Å²) in [5, 5.41) is 0.807. The summed E-state index contributed by atoms with van der Waals surface area (Å²) in [6, 6.07) is 6.34. The fraction of sp³-hybridized carbons (Fsp3) is 0.571. The van der Waals surface area contributed by atoms with Crippen molar-refractivity contribution in [2.24, 2.45) is 11.7 Å². The molecule has 1 saturated carbocycles.